The van der Waals surface area contributed by atoms with E-state index in [0.717, 1.165) is 36.0 Å². The van der Waals surface area contributed by atoms with Crippen LogP contribution in [0.2, 0.25) is 0 Å². The second-order valence-corrected chi connectivity index (χ2v) is 15.2. The minimum atomic E-state index is -2.39. The van der Waals surface area contributed by atoms with Gasteiger partial charge in [-0.25, -0.2) is 0 Å². The van der Waals surface area contributed by atoms with Crippen LogP contribution in [-0.2, 0) is 4.79 Å². The first kappa shape index (κ1) is 63.7. The van der Waals surface area contributed by atoms with E-state index in [0.29, 0.717) is 0 Å². The molecule has 22 heteroatoms. The Morgan fingerprint density at radius 1 is 0.700 bits per heavy atom. The van der Waals surface area contributed by atoms with E-state index in [-0.39, 0.29) is 45.9 Å². The monoisotopic (exact) mass is 879 g/mol. The third-order valence-electron chi connectivity index (χ3n) is 5.72. The molecule has 2 unspecified atom stereocenters. The molecule has 0 aliphatic rings. The van der Waals surface area contributed by atoms with Gasteiger partial charge in [0.15, 0.2) is 5.60 Å². The van der Waals surface area contributed by atoms with Crippen molar-refractivity contribution in [1.82, 2.24) is 0 Å². The number of nitrogens with zero attached hydrogens (tertiary/aromatic N) is 1. The highest BCUT2D eigenvalue weighted by Gasteiger charge is 2.46. The van der Waals surface area contributed by atoms with Gasteiger partial charge in [0.2, 0.25) is 0 Å². The quantitative estimate of drug-likeness (QED) is 0.0404. The molecule has 0 aromatic rings. The number of rotatable bonds is 18. The van der Waals surface area contributed by atoms with Gasteiger partial charge in [0.05, 0.1) is 58.7 Å². The molecular weight excluding hydrogens is 809 g/mol. The summed E-state index contributed by atoms with van der Waals surface area (Å²) in [5, 5.41) is 81.4. The van der Waals surface area contributed by atoms with Crippen LogP contribution in [0.5, 0.6) is 0 Å². The van der Waals surface area contributed by atoms with Gasteiger partial charge in [-0.3, -0.25) is 4.79 Å². The maximum atomic E-state index is 11.0. The SMILES string of the molecule is CCC(N)S.CCCC(N)S.C[N+](C)(C)CCS.NC(=O)[C@@](O)(CCS)[C@@H](O)[C@H](O)[C@H](O)CO.O[C@H](CS)[C@@H](O)CS.O[C@H](CS)[C@H](O)CS. The Balaban J connectivity index is -0.000000123. The molecule has 310 valence electrons. The lowest BCUT2D eigenvalue weighted by Gasteiger charge is -2.33. The summed E-state index contributed by atoms with van der Waals surface area (Å²) in [5.41, 5.74) is 12.9. The van der Waals surface area contributed by atoms with E-state index >= 15 is 0 Å². The molecule has 0 aliphatic carbocycles. The smallest absolute Gasteiger partial charge is 0.252 e. The molecule has 0 bridgehead atoms. The van der Waals surface area contributed by atoms with Crippen LogP contribution in [0.25, 0.3) is 0 Å². The van der Waals surface area contributed by atoms with E-state index in [9.17, 15) is 20.1 Å². The van der Waals surface area contributed by atoms with Crippen molar-refractivity contribution < 1.29 is 55.2 Å². The van der Waals surface area contributed by atoms with Crippen molar-refractivity contribution in [1.29, 1.82) is 0 Å². The summed E-state index contributed by atoms with van der Waals surface area (Å²) in [5.74, 6) is 0.896. The van der Waals surface area contributed by atoms with Gasteiger partial charge >= 0.3 is 0 Å². The van der Waals surface area contributed by atoms with Crippen LogP contribution in [0.15, 0.2) is 0 Å². The van der Waals surface area contributed by atoms with E-state index in [4.69, 9.17) is 47.8 Å². The van der Waals surface area contributed by atoms with Crippen molar-refractivity contribution >= 4 is 107 Å². The zero-order valence-electron chi connectivity index (χ0n) is 29.9. The molecule has 0 heterocycles. The van der Waals surface area contributed by atoms with E-state index < -0.39 is 60.8 Å². The number of primary amides is 1. The lowest BCUT2D eigenvalue weighted by molar-refractivity contribution is -0.867. The Labute approximate surface area is 344 Å². The molecule has 0 radical (unpaired) electrons. The van der Waals surface area contributed by atoms with Gasteiger partial charge in [-0.15, -0.1) is 0 Å². The molecule has 15 N–H and O–H groups in total. The zero-order chi connectivity index (χ0) is 41.3. The Morgan fingerprint density at radius 3 is 1.16 bits per heavy atom. The third-order valence-corrected chi connectivity index (χ3v) is 8.27. The van der Waals surface area contributed by atoms with Crippen LogP contribution < -0.4 is 17.2 Å². The predicted molar refractivity (Wildman–Crippen MR) is 233 cm³/mol. The molecule has 10 atom stereocenters. The van der Waals surface area contributed by atoms with Crippen LogP contribution in [0.3, 0.4) is 0 Å². The standard InChI is InChI=1S/C8H17NO6S.C5H13NS.C4H11NS.2C4H10O2S2.C3H9NS/c9-7(14)8(15,1-2-16)6(13)5(12)4(11)3-10;1-6(2,3)4-5-7;1-2-3-4(5)6;2*5-3(1-7)4(6)2-8;1-2-3(4)5/h4-6,10-13,15-16H,1-3H2,(H2,9,14);4-5H2,1-3H3;4,6H,2-3,5H2,1H3;2*3-8H,1-2H2;3,5H,2,4H2,1H3/p+1/t4-,5-,6+,8-;;;3-,4+;3-,4-;/m1...1./s1. The number of hydrogen-bond acceptors (Lipinski definition) is 20. The largest absolute Gasteiger partial charge is 0.394 e. The zero-order valence-corrected chi connectivity index (χ0v) is 37.0. The number of amides is 1. The number of thiol groups is 8. The normalized spacial score (nSPS) is 17.4. The maximum Gasteiger partial charge on any atom is 0.252 e. The van der Waals surface area contributed by atoms with Crippen LogP contribution in [0.4, 0.5) is 0 Å². The molecule has 14 nitrogen and oxygen atoms in total. The van der Waals surface area contributed by atoms with E-state index in [1.807, 2.05) is 6.92 Å². The first-order valence-corrected chi connectivity index (χ1v) is 20.4. The lowest BCUT2D eigenvalue weighted by atomic mass is 9.87. The Morgan fingerprint density at radius 2 is 1.04 bits per heavy atom. The maximum absolute atomic E-state index is 11.0. The predicted octanol–water partition coefficient (Wildman–Crippen LogP) is -2.03. The van der Waals surface area contributed by atoms with Crippen LogP contribution in [-0.4, -0.2) is 184 Å². The molecule has 50 heavy (non-hydrogen) atoms. The molecule has 0 saturated heterocycles. The summed E-state index contributed by atoms with van der Waals surface area (Å²) >= 11 is 30.8. The molecule has 0 aromatic carbocycles. The molecular formula is C28H71N4O10S8+. The molecule has 0 fully saturated rings. The summed E-state index contributed by atoms with van der Waals surface area (Å²) in [4.78, 5) is 11.0. The van der Waals surface area contributed by atoms with Gasteiger partial charge in [0, 0.05) is 39.5 Å². The summed E-state index contributed by atoms with van der Waals surface area (Å²) in [7, 11) is 6.49. The Kier molecular flexibility index (Phi) is 51.6. The molecule has 0 aliphatic heterocycles. The highest BCUT2D eigenvalue weighted by molar-refractivity contribution is 7.81. The number of aliphatic hydroxyl groups is 9. The summed E-state index contributed by atoms with van der Waals surface area (Å²) in [6.07, 6.45) is -5.72. The first-order valence-electron chi connectivity index (χ1n) is 15.6. The van der Waals surface area contributed by atoms with E-state index in [1.165, 1.54) is 0 Å². The third kappa shape index (κ3) is 42.5. The van der Waals surface area contributed by atoms with Crippen molar-refractivity contribution in [3.8, 4) is 0 Å². The number of nitrogens with two attached hydrogens (primary N) is 3. The fourth-order valence-corrected chi connectivity index (χ4v) is 4.44. The molecule has 1 amide bonds. The minimum Gasteiger partial charge on any atom is -0.394 e. The molecule has 0 rings (SSSR count). The first-order chi connectivity index (χ1) is 22.8. The number of aliphatic hydroxyl groups excluding tert-OH is 8. The van der Waals surface area contributed by atoms with Crippen molar-refractivity contribution in [2.45, 2.75) is 98.6 Å². The van der Waals surface area contributed by atoms with Gasteiger partial charge in [0.25, 0.3) is 5.91 Å². The average molecular weight is 880 g/mol. The summed E-state index contributed by atoms with van der Waals surface area (Å²) < 4.78 is 1.02. The summed E-state index contributed by atoms with van der Waals surface area (Å²) in [6, 6.07) is 0. The number of carbonyl (C=O) groups excluding carboxylic acids is 1. The number of quaternary nitrogens is 1. The van der Waals surface area contributed by atoms with Crippen molar-refractivity contribution in [2.75, 3.05) is 68.8 Å². The van der Waals surface area contributed by atoms with E-state index in [2.05, 4.69) is 129 Å². The highest BCUT2D eigenvalue weighted by atomic mass is 32.1. The minimum absolute atomic E-state index is 0.0401. The molecule has 0 saturated carbocycles. The van der Waals surface area contributed by atoms with Crippen LogP contribution in [0, 0.1) is 0 Å². The van der Waals surface area contributed by atoms with Gasteiger partial charge < -0.3 is 67.6 Å². The summed E-state index contributed by atoms with van der Waals surface area (Å²) in [6.45, 7) is 4.41. The van der Waals surface area contributed by atoms with E-state index in [1.54, 1.807) is 0 Å². The van der Waals surface area contributed by atoms with Crippen molar-refractivity contribution in [2.24, 2.45) is 17.2 Å². The van der Waals surface area contributed by atoms with Gasteiger partial charge in [-0.1, -0.05) is 20.3 Å². The average Bonchev–Trinajstić information content (AvgIpc) is 3.06. The topological polar surface area (TPSA) is 277 Å². The second-order valence-electron chi connectivity index (χ2n) is 11.5. The highest BCUT2D eigenvalue weighted by Crippen LogP contribution is 2.20. The fraction of sp³-hybridized carbons (Fsp3) is 0.964. The van der Waals surface area contributed by atoms with Gasteiger partial charge in [-0.2, -0.15) is 101 Å². The number of carbonyl (C=O) groups is 1. The van der Waals surface area contributed by atoms with Crippen LogP contribution in [0.1, 0.15) is 39.5 Å². The number of hydrogen-bond donors (Lipinski definition) is 20. The Hall–Kier alpha value is 1.79. The van der Waals surface area contributed by atoms with Crippen LogP contribution >= 0.6 is 101 Å². The fourth-order valence-electron chi connectivity index (χ4n) is 2.27. The second kappa shape index (κ2) is 40.5. The Bertz CT molecular complexity index is 698. The van der Waals surface area contributed by atoms with Gasteiger partial charge in [0.1, 0.15) is 18.3 Å². The van der Waals surface area contributed by atoms with Gasteiger partial charge in [-0.05, 0) is 25.0 Å². The van der Waals surface area contributed by atoms with Crippen molar-refractivity contribution in [3.05, 3.63) is 0 Å². The molecule has 0 aromatic heterocycles. The lowest BCUT2D eigenvalue weighted by Crippen LogP contribution is -2.60. The van der Waals surface area contributed by atoms with Crippen molar-refractivity contribution in [3.63, 3.8) is 0 Å². The molecule has 0 spiro atoms.